The molecule has 3 heterocycles. The fourth-order valence-electron chi connectivity index (χ4n) is 5.34. The second-order valence-corrected chi connectivity index (χ2v) is 11.4. The number of carbonyl (C=O) groups excluding carboxylic acids is 3. The predicted molar refractivity (Wildman–Crippen MR) is 161 cm³/mol. The van der Waals surface area contributed by atoms with E-state index in [1.165, 1.54) is 4.68 Å². The van der Waals surface area contributed by atoms with E-state index in [2.05, 4.69) is 10.3 Å². The highest BCUT2D eigenvalue weighted by Gasteiger charge is 2.30. The molecule has 6 rings (SSSR count). The quantitative estimate of drug-likeness (QED) is 0.301. The number of hydrogen-bond donors (Lipinski definition) is 0. The summed E-state index contributed by atoms with van der Waals surface area (Å²) in [5.74, 6) is -0.462. The van der Waals surface area contributed by atoms with Crippen molar-refractivity contribution in [3.8, 4) is 5.69 Å². The second kappa shape index (κ2) is 11.8. The van der Waals surface area contributed by atoms with Gasteiger partial charge in [0, 0.05) is 41.5 Å². The molecule has 214 valence electrons. The van der Waals surface area contributed by atoms with Crippen LogP contribution in [0.4, 0.5) is 5.69 Å². The van der Waals surface area contributed by atoms with Crippen molar-refractivity contribution in [1.29, 1.82) is 0 Å². The van der Waals surface area contributed by atoms with Crippen molar-refractivity contribution in [3.63, 3.8) is 0 Å². The summed E-state index contributed by atoms with van der Waals surface area (Å²) < 4.78 is 1.45. The van der Waals surface area contributed by atoms with Crippen molar-refractivity contribution >= 4 is 58.2 Å². The molecule has 2 aliphatic rings. The van der Waals surface area contributed by atoms with E-state index >= 15 is 0 Å². The molecule has 0 N–H and O–H groups in total. The standard InChI is InChI=1S/C30H25Cl3N6O3/c31-22-14-24(32)28(25(33)15-22)39-17-23(34-35-39)16-36-11-12-37(18-27(36)40)29(41)21-8-9-26-20(13-21)7-4-10-38(26)30(42)19-5-2-1-3-6-19/h1-3,5-6,8-9,13-15,17H,4,7,10-12,16,18H2. The van der Waals surface area contributed by atoms with Gasteiger partial charge in [-0.05, 0) is 60.9 Å². The van der Waals surface area contributed by atoms with E-state index in [0.29, 0.717) is 57.2 Å². The summed E-state index contributed by atoms with van der Waals surface area (Å²) in [6, 6.07) is 17.7. The molecule has 2 aliphatic heterocycles. The van der Waals surface area contributed by atoms with Crippen molar-refractivity contribution in [2.24, 2.45) is 0 Å². The van der Waals surface area contributed by atoms with Crippen LogP contribution in [0.15, 0.2) is 66.9 Å². The number of amides is 3. The number of halogens is 3. The average molecular weight is 624 g/mol. The maximum Gasteiger partial charge on any atom is 0.258 e. The lowest BCUT2D eigenvalue weighted by Gasteiger charge is -2.34. The molecule has 3 aromatic carbocycles. The topological polar surface area (TPSA) is 91.6 Å². The number of fused-ring (bicyclic) bond motifs is 1. The zero-order valence-corrected chi connectivity index (χ0v) is 24.6. The molecule has 4 aromatic rings. The third-order valence-corrected chi connectivity index (χ3v) is 8.22. The van der Waals surface area contributed by atoms with Crippen LogP contribution in [0.3, 0.4) is 0 Å². The molecule has 1 aromatic heterocycles. The van der Waals surface area contributed by atoms with Crippen LogP contribution in [0.1, 0.15) is 38.4 Å². The third-order valence-electron chi connectivity index (χ3n) is 7.42. The molecule has 0 bridgehead atoms. The Morgan fingerprint density at radius 3 is 2.36 bits per heavy atom. The molecule has 0 unspecified atom stereocenters. The number of nitrogens with zero attached hydrogens (tertiary/aromatic N) is 6. The first-order valence-electron chi connectivity index (χ1n) is 13.4. The lowest BCUT2D eigenvalue weighted by molar-refractivity contribution is -0.135. The summed E-state index contributed by atoms with van der Waals surface area (Å²) >= 11 is 18.6. The maximum absolute atomic E-state index is 13.4. The van der Waals surface area contributed by atoms with Gasteiger partial charge in [-0.15, -0.1) is 5.10 Å². The number of carbonyl (C=O) groups is 3. The van der Waals surface area contributed by atoms with Gasteiger partial charge in [0.1, 0.15) is 17.9 Å². The van der Waals surface area contributed by atoms with Crippen LogP contribution in [0.5, 0.6) is 0 Å². The molecular formula is C30H25Cl3N6O3. The molecule has 0 saturated carbocycles. The summed E-state index contributed by atoms with van der Waals surface area (Å²) in [5.41, 5.74) is 3.90. The van der Waals surface area contributed by atoms with E-state index in [0.717, 1.165) is 24.1 Å². The number of rotatable bonds is 5. The van der Waals surface area contributed by atoms with Crippen LogP contribution in [-0.2, 0) is 17.8 Å². The van der Waals surface area contributed by atoms with Crippen molar-refractivity contribution in [1.82, 2.24) is 24.8 Å². The van der Waals surface area contributed by atoms with E-state index in [4.69, 9.17) is 34.8 Å². The van der Waals surface area contributed by atoms with Crippen LogP contribution in [-0.4, -0.2) is 68.7 Å². The van der Waals surface area contributed by atoms with Gasteiger partial charge in [0.2, 0.25) is 5.91 Å². The number of anilines is 1. The van der Waals surface area contributed by atoms with Gasteiger partial charge in [0.15, 0.2) is 0 Å². The Hall–Kier alpha value is -3.92. The third kappa shape index (κ3) is 5.60. The molecule has 3 amide bonds. The molecule has 0 spiro atoms. The summed E-state index contributed by atoms with van der Waals surface area (Å²) in [5, 5.41) is 9.33. The second-order valence-electron chi connectivity index (χ2n) is 10.2. The molecule has 0 atom stereocenters. The molecule has 0 radical (unpaired) electrons. The minimum Gasteiger partial charge on any atom is -0.333 e. The van der Waals surface area contributed by atoms with Crippen LogP contribution in [0.2, 0.25) is 15.1 Å². The van der Waals surface area contributed by atoms with Crippen LogP contribution < -0.4 is 4.90 Å². The zero-order chi connectivity index (χ0) is 29.4. The lowest BCUT2D eigenvalue weighted by Crippen LogP contribution is -2.51. The van der Waals surface area contributed by atoms with Gasteiger partial charge in [0.25, 0.3) is 11.8 Å². The van der Waals surface area contributed by atoms with E-state index in [9.17, 15) is 14.4 Å². The SMILES string of the molecule is O=C1CN(C(=O)c2ccc3c(c2)CCCN3C(=O)c2ccccc2)CCN1Cc1cn(-c2c(Cl)cc(Cl)cc2Cl)nn1. The van der Waals surface area contributed by atoms with Crippen LogP contribution in [0.25, 0.3) is 5.69 Å². The predicted octanol–water partition coefficient (Wildman–Crippen LogP) is 5.31. The van der Waals surface area contributed by atoms with Gasteiger partial charge >= 0.3 is 0 Å². The van der Waals surface area contributed by atoms with Gasteiger partial charge in [-0.3, -0.25) is 14.4 Å². The van der Waals surface area contributed by atoms with E-state index in [1.54, 1.807) is 51.2 Å². The Bertz CT molecular complexity index is 1670. The van der Waals surface area contributed by atoms with Crippen molar-refractivity contribution in [2.45, 2.75) is 19.4 Å². The first-order chi connectivity index (χ1) is 20.3. The Balaban J connectivity index is 1.11. The fraction of sp³-hybridized carbons (Fsp3) is 0.233. The molecule has 1 fully saturated rings. The van der Waals surface area contributed by atoms with Crippen LogP contribution >= 0.6 is 34.8 Å². The van der Waals surface area contributed by atoms with Crippen molar-refractivity contribution in [3.05, 3.63) is 104 Å². The monoisotopic (exact) mass is 622 g/mol. The van der Waals surface area contributed by atoms with Gasteiger partial charge in [-0.1, -0.05) is 58.2 Å². The Labute approximate surface area is 257 Å². The zero-order valence-electron chi connectivity index (χ0n) is 22.3. The highest BCUT2D eigenvalue weighted by molar-refractivity contribution is 6.40. The van der Waals surface area contributed by atoms with Gasteiger partial charge in [-0.2, -0.15) is 0 Å². The average Bonchev–Trinajstić information content (AvgIpc) is 3.44. The molecule has 0 aliphatic carbocycles. The minimum absolute atomic E-state index is 0.0441. The summed E-state index contributed by atoms with van der Waals surface area (Å²) in [7, 11) is 0. The first kappa shape index (κ1) is 28.2. The number of hydrogen-bond acceptors (Lipinski definition) is 5. The molecule has 9 nitrogen and oxygen atoms in total. The number of benzene rings is 3. The normalized spacial score (nSPS) is 15.1. The Kier molecular flexibility index (Phi) is 7.90. The first-order valence-corrected chi connectivity index (χ1v) is 14.5. The largest absolute Gasteiger partial charge is 0.333 e. The van der Waals surface area contributed by atoms with Crippen molar-refractivity contribution in [2.75, 3.05) is 31.1 Å². The molecule has 42 heavy (non-hydrogen) atoms. The Morgan fingerprint density at radius 2 is 1.62 bits per heavy atom. The summed E-state index contributed by atoms with van der Waals surface area (Å²) in [6.45, 7) is 1.54. The van der Waals surface area contributed by atoms with Crippen LogP contribution in [0, 0.1) is 0 Å². The number of piperazine rings is 1. The van der Waals surface area contributed by atoms with E-state index < -0.39 is 0 Å². The molecular weight excluding hydrogens is 599 g/mol. The van der Waals surface area contributed by atoms with Gasteiger partial charge < -0.3 is 14.7 Å². The van der Waals surface area contributed by atoms with Gasteiger partial charge in [-0.25, -0.2) is 4.68 Å². The number of aromatic nitrogens is 3. The van der Waals surface area contributed by atoms with E-state index in [-0.39, 0.29) is 30.8 Å². The summed E-state index contributed by atoms with van der Waals surface area (Å²) in [4.78, 5) is 44.5. The number of aryl methyl sites for hydroxylation is 1. The highest BCUT2D eigenvalue weighted by Crippen LogP contribution is 2.32. The smallest absolute Gasteiger partial charge is 0.258 e. The Morgan fingerprint density at radius 1 is 0.857 bits per heavy atom. The highest BCUT2D eigenvalue weighted by atomic mass is 35.5. The van der Waals surface area contributed by atoms with Crippen molar-refractivity contribution < 1.29 is 14.4 Å². The van der Waals surface area contributed by atoms with Gasteiger partial charge in [0.05, 0.1) is 22.8 Å². The lowest BCUT2D eigenvalue weighted by atomic mass is 9.97. The molecule has 12 heteroatoms. The summed E-state index contributed by atoms with van der Waals surface area (Å²) in [6.07, 6.45) is 3.24. The molecule has 1 saturated heterocycles. The van der Waals surface area contributed by atoms with E-state index in [1.807, 2.05) is 30.3 Å². The maximum atomic E-state index is 13.4. The minimum atomic E-state index is -0.213. The fourth-order valence-corrected chi connectivity index (χ4v) is 6.33.